The summed E-state index contributed by atoms with van der Waals surface area (Å²) in [7, 11) is 0. The van der Waals surface area contributed by atoms with E-state index in [4.69, 9.17) is 10.5 Å². The number of rotatable bonds is 7. The van der Waals surface area contributed by atoms with Crippen LogP contribution in [0.3, 0.4) is 0 Å². The van der Waals surface area contributed by atoms with Crippen LogP contribution in [0.2, 0.25) is 0 Å². The summed E-state index contributed by atoms with van der Waals surface area (Å²) < 4.78 is 6.61. The third-order valence-electron chi connectivity index (χ3n) is 5.03. The number of hydrogen-bond acceptors (Lipinski definition) is 4. The lowest BCUT2D eigenvalue weighted by atomic mass is 10.1. The second kappa shape index (κ2) is 9.41. The molecule has 1 heterocycles. The number of amides is 2. The number of carbonyl (C=O) groups excluding carboxylic acids is 2. The van der Waals surface area contributed by atoms with Gasteiger partial charge in [-0.15, -0.1) is 0 Å². The number of nitrogens with zero attached hydrogens (tertiary/aromatic N) is 1. The molecule has 1 fully saturated rings. The van der Waals surface area contributed by atoms with Crippen LogP contribution < -0.4 is 15.8 Å². The Labute approximate surface area is 179 Å². The molecule has 2 aromatic rings. The number of likely N-dealkylation sites (tertiary alicyclic amines) is 1. The number of carbonyl (C=O) groups is 2. The molecule has 0 spiro atoms. The monoisotopic (exact) mass is 459 g/mol. The lowest BCUT2D eigenvalue weighted by Crippen LogP contribution is -2.39. The van der Waals surface area contributed by atoms with Crippen molar-refractivity contribution in [3.63, 3.8) is 0 Å². The van der Waals surface area contributed by atoms with E-state index in [0.717, 1.165) is 35.0 Å². The van der Waals surface area contributed by atoms with E-state index >= 15 is 0 Å². The van der Waals surface area contributed by atoms with Gasteiger partial charge in [0.15, 0.2) is 6.10 Å². The third-order valence-corrected chi connectivity index (χ3v) is 5.65. The first-order valence-corrected chi connectivity index (χ1v) is 10.5. The number of aryl methyl sites for hydroxylation is 1. The van der Waals surface area contributed by atoms with Gasteiger partial charge in [-0.25, -0.2) is 0 Å². The van der Waals surface area contributed by atoms with E-state index in [9.17, 15) is 9.59 Å². The zero-order valence-electron chi connectivity index (χ0n) is 16.7. The van der Waals surface area contributed by atoms with Crippen molar-refractivity contribution < 1.29 is 14.3 Å². The smallest absolute Gasteiger partial charge is 0.265 e. The van der Waals surface area contributed by atoms with Crippen LogP contribution in [0, 0.1) is 6.92 Å². The van der Waals surface area contributed by atoms with E-state index in [1.165, 1.54) is 0 Å². The van der Waals surface area contributed by atoms with Crippen LogP contribution in [-0.2, 0) is 16.1 Å². The van der Waals surface area contributed by atoms with Crippen molar-refractivity contribution in [2.24, 2.45) is 5.73 Å². The second-order valence-corrected chi connectivity index (χ2v) is 8.27. The summed E-state index contributed by atoms with van der Waals surface area (Å²) in [5.74, 6) is 0.115. The molecule has 1 aliphatic rings. The van der Waals surface area contributed by atoms with E-state index < -0.39 is 6.10 Å². The minimum absolute atomic E-state index is 0.213. The minimum Gasteiger partial charge on any atom is -0.480 e. The van der Waals surface area contributed by atoms with Crippen LogP contribution >= 0.6 is 15.9 Å². The zero-order chi connectivity index (χ0) is 21.0. The predicted octanol–water partition coefficient (Wildman–Crippen LogP) is 3.61. The number of nitrogens with one attached hydrogen (secondary N) is 1. The van der Waals surface area contributed by atoms with Gasteiger partial charge >= 0.3 is 0 Å². The summed E-state index contributed by atoms with van der Waals surface area (Å²) in [5, 5.41) is 2.90. The van der Waals surface area contributed by atoms with Crippen LogP contribution in [-0.4, -0.2) is 35.4 Å². The van der Waals surface area contributed by atoms with Crippen molar-refractivity contribution in [1.29, 1.82) is 0 Å². The van der Waals surface area contributed by atoms with Crippen LogP contribution in [0.1, 0.15) is 30.9 Å². The molecular formula is C22H26BrN3O3. The Hall–Kier alpha value is -2.38. The van der Waals surface area contributed by atoms with Crippen LogP contribution in [0.4, 0.5) is 5.69 Å². The molecule has 29 heavy (non-hydrogen) atoms. The standard InChI is InChI=1S/C22H26BrN3O3/c1-14-8-9-20(18(23)11-14)29-15(2)22(28)25-17-6-3-5-16(12-17)13-26-10-4-7-19(26)21(24)27/h3,5-6,8-9,11-12,15,19H,4,7,10,13H2,1-2H3,(H2,24,27)(H,25,28). The van der Waals surface area contributed by atoms with E-state index in [2.05, 4.69) is 26.1 Å². The van der Waals surface area contributed by atoms with Gasteiger partial charge in [-0.1, -0.05) is 18.2 Å². The Morgan fingerprint density at radius 3 is 2.83 bits per heavy atom. The number of ether oxygens (including phenoxy) is 1. The van der Waals surface area contributed by atoms with Gasteiger partial charge in [-0.2, -0.15) is 0 Å². The average molecular weight is 460 g/mol. The minimum atomic E-state index is -0.657. The summed E-state index contributed by atoms with van der Waals surface area (Å²) in [6, 6.07) is 13.1. The Balaban J connectivity index is 1.61. The van der Waals surface area contributed by atoms with E-state index in [1.54, 1.807) is 6.92 Å². The molecule has 154 valence electrons. The van der Waals surface area contributed by atoms with Crippen molar-refractivity contribution >= 4 is 33.4 Å². The Morgan fingerprint density at radius 2 is 2.10 bits per heavy atom. The lowest BCUT2D eigenvalue weighted by molar-refractivity contribution is -0.122. The highest BCUT2D eigenvalue weighted by atomic mass is 79.9. The molecule has 7 heteroatoms. The molecule has 0 aromatic heterocycles. The fourth-order valence-corrected chi connectivity index (χ4v) is 4.10. The molecule has 1 aliphatic heterocycles. The first-order valence-electron chi connectivity index (χ1n) is 9.69. The molecule has 6 nitrogen and oxygen atoms in total. The third kappa shape index (κ3) is 5.58. The summed E-state index contributed by atoms with van der Waals surface area (Å²) in [6.45, 7) is 5.18. The lowest BCUT2D eigenvalue weighted by Gasteiger charge is -2.22. The van der Waals surface area contributed by atoms with E-state index in [1.807, 2.05) is 49.4 Å². The summed E-state index contributed by atoms with van der Waals surface area (Å²) >= 11 is 3.46. The Kier molecular flexibility index (Phi) is 6.92. The quantitative estimate of drug-likeness (QED) is 0.661. The Morgan fingerprint density at radius 1 is 1.31 bits per heavy atom. The highest BCUT2D eigenvalue weighted by Gasteiger charge is 2.28. The molecule has 2 atom stereocenters. The first-order chi connectivity index (χ1) is 13.8. The molecule has 0 saturated carbocycles. The van der Waals surface area contributed by atoms with Crippen molar-refractivity contribution in [2.45, 2.75) is 45.4 Å². The van der Waals surface area contributed by atoms with E-state index in [-0.39, 0.29) is 17.9 Å². The van der Waals surface area contributed by atoms with Gasteiger partial charge in [0.05, 0.1) is 10.5 Å². The molecule has 2 amide bonds. The number of halogens is 1. The molecule has 0 bridgehead atoms. The van der Waals surface area contributed by atoms with Gasteiger partial charge in [-0.05, 0) is 84.6 Å². The fourth-order valence-electron chi connectivity index (χ4n) is 3.51. The van der Waals surface area contributed by atoms with Gasteiger partial charge in [0.1, 0.15) is 5.75 Å². The van der Waals surface area contributed by atoms with Crippen molar-refractivity contribution in [1.82, 2.24) is 4.90 Å². The zero-order valence-corrected chi connectivity index (χ0v) is 18.2. The number of primary amides is 1. The molecule has 1 saturated heterocycles. The molecule has 2 unspecified atom stereocenters. The maximum Gasteiger partial charge on any atom is 0.265 e. The van der Waals surface area contributed by atoms with Crippen LogP contribution in [0.15, 0.2) is 46.9 Å². The molecule has 3 N–H and O–H groups in total. The average Bonchev–Trinajstić information content (AvgIpc) is 3.12. The van der Waals surface area contributed by atoms with Gasteiger partial charge in [0.25, 0.3) is 5.91 Å². The number of hydrogen-bond donors (Lipinski definition) is 2. The summed E-state index contributed by atoms with van der Waals surface area (Å²) in [5.41, 5.74) is 8.32. The highest BCUT2D eigenvalue weighted by Crippen LogP contribution is 2.27. The predicted molar refractivity (Wildman–Crippen MR) is 117 cm³/mol. The maximum atomic E-state index is 12.6. The molecular weight excluding hydrogens is 434 g/mol. The normalized spacial score (nSPS) is 17.7. The van der Waals surface area contributed by atoms with Gasteiger partial charge < -0.3 is 15.8 Å². The van der Waals surface area contributed by atoms with Gasteiger partial charge in [0, 0.05) is 12.2 Å². The number of anilines is 1. The van der Waals surface area contributed by atoms with E-state index in [0.29, 0.717) is 18.0 Å². The van der Waals surface area contributed by atoms with Crippen molar-refractivity contribution in [3.05, 3.63) is 58.1 Å². The van der Waals surface area contributed by atoms with Crippen molar-refractivity contribution in [2.75, 3.05) is 11.9 Å². The fraction of sp³-hybridized carbons (Fsp3) is 0.364. The van der Waals surface area contributed by atoms with Crippen LogP contribution in [0.5, 0.6) is 5.75 Å². The SMILES string of the molecule is Cc1ccc(OC(C)C(=O)Nc2cccc(CN3CCCC3C(N)=O)c2)c(Br)c1. The number of nitrogens with two attached hydrogens (primary N) is 1. The highest BCUT2D eigenvalue weighted by molar-refractivity contribution is 9.10. The topological polar surface area (TPSA) is 84.7 Å². The Bertz CT molecular complexity index is 903. The molecule has 2 aromatic carbocycles. The maximum absolute atomic E-state index is 12.6. The summed E-state index contributed by atoms with van der Waals surface area (Å²) in [6.07, 6.45) is 1.11. The second-order valence-electron chi connectivity index (χ2n) is 7.41. The van der Waals surface area contributed by atoms with Gasteiger partial charge in [0.2, 0.25) is 5.91 Å². The molecule has 0 aliphatic carbocycles. The van der Waals surface area contributed by atoms with Crippen LogP contribution in [0.25, 0.3) is 0 Å². The van der Waals surface area contributed by atoms with Gasteiger partial charge in [-0.3, -0.25) is 14.5 Å². The van der Waals surface area contributed by atoms with Crippen molar-refractivity contribution in [3.8, 4) is 5.75 Å². The first kappa shape index (κ1) is 21.3. The molecule has 0 radical (unpaired) electrons. The number of benzene rings is 2. The largest absolute Gasteiger partial charge is 0.480 e. The summed E-state index contributed by atoms with van der Waals surface area (Å²) in [4.78, 5) is 26.2. The molecule has 3 rings (SSSR count).